The Morgan fingerprint density at radius 3 is 2.83 bits per heavy atom. The van der Waals surface area contributed by atoms with Gasteiger partial charge in [-0.25, -0.2) is 9.97 Å². The van der Waals surface area contributed by atoms with Crippen molar-refractivity contribution in [2.75, 3.05) is 19.0 Å². The number of nitrogens with zero attached hydrogens (tertiary/aromatic N) is 4. The summed E-state index contributed by atoms with van der Waals surface area (Å²) in [5.74, 6) is 1.98. The molecule has 0 aliphatic rings. The van der Waals surface area contributed by atoms with Crippen molar-refractivity contribution < 1.29 is 4.74 Å². The topological polar surface area (TPSA) is 72.8 Å². The summed E-state index contributed by atoms with van der Waals surface area (Å²) in [6.45, 7) is 5.00. The molecule has 0 spiro atoms. The summed E-state index contributed by atoms with van der Waals surface area (Å²) in [6, 6.07) is 5.82. The molecule has 3 aromatic rings. The number of hydrogen-bond donors (Lipinski definition) is 1. The van der Waals surface area contributed by atoms with Gasteiger partial charge in [0.1, 0.15) is 33.4 Å². The molecular weight excluding hydrogens is 310 g/mol. The third kappa shape index (κ3) is 3.39. The number of methoxy groups -OCH3 is 1. The van der Waals surface area contributed by atoms with Crippen molar-refractivity contribution in [3.8, 4) is 5.75 Å². The van der Waals surface area contributed by atoms with Crippen LogP contribution in [-0.2, 0) is 6.42 Å². The lowest BCUT2D eigenvalue weighted by molar-refractivity contribution is 0.419. The van der Waals surface area contributed by atoms with E-state index < -0.39 is 0 Å². The third-order valence-corrected chi connectivity index (χ3v) is 4.74. The third-order valence-electron chi connectivity index (χ3n) is 3.46. The molecule has 0 amide bonds. The van der Waals surface area contributed by atoms with E-state index in [1.54, 1.807) is 24.8 Å². The van der Waals surface area contributed by atoms with Gasteiger partial charge in [0.15, 0.2) is 0 Å². The average molecular weight is 329 g/mol. The van der Waals surface area contributed by atoms with Crippen molar-refractivity contribution in [3.05, 3.63) is 34.5 Å². The molecule has 120 valence electrons. The summed E-state index contributed by atoms with van der Waals surface area (Å²) in [6.07, 6.45) is 2.37. The lowest BCUT2D eigenvalue weighted by atomic mass is 10.2. The highest BCUT2D eigenvalue weighted by Crippen LogP contribution is 2.27. The Labute approximate surface area is 139 Å². The maximum Gasteiger partial charge on any atom is 0.145 e. The molecule has 0 aliphatic heterocycles. The van der Waals surface area contributed by atoms with E-state index in [2.05, 4.69) is 39.3 Å². The van der Waals surface area contributed by atoms with Gasteiger partial charge < -0.3 is 10.1 Å². The first kappa shape index (κ1) is 15.6. The number of rotatable bonds is 6. The largest absolute Gasteiger partial charge is 0.494 e. The molecule has 1 aromatic carbocycles. The van der Waals surface area contributed by atoms with Crippen LogP contribution in [-0.4, -0.2) is 33.8 Å². The Bertz CT molecular complexity index is 802. The van der Waals surface area contributed by atoms with Gasteiger partial charge in [-0.3, -0.25) is 0 Å². The van der Waals surface area contributed by atoms with Crippen LogP contribution < -0.4 is 10.1 Å². The highest BCUT2D eigenvalue weighted by molar-refractivity contribution is 7.11. The van der Waals surface area contributed by atoms with Gasteiger partial charge >= 0.3 is 0 Å². The first-order valence-electron chi connectivity index (χ1n) is 7.53. The van der Waals surface area contributed by atoms with Crippen molar-refractivity contribution >= 4 is 28.1 Å². The van der Waals surface area contributed by atoms with E-state index in [1.807, 2.05) is 18.2 Å². The molecule has 3 rings (SSSR count). The fourth-order valence-electron chi connectivity index (χ4n) is 2.25. The number of aromatic nitrogens is 4. The minimum Gasteiger partial charge on any atom is -0.494 e. The second-order valence-corrected chi connectivity index (χ2v) is 6.54. The smallest absolute Gasteiger partial charge is 0.145 e. The van der Waals surface area contributed by atoms with Crippen LogP contribution in [0.3, 0.4) is 0 Å². The van der Waals surface area contributed by atoms with Gasteiger partial charge in [0.25, 0.3) is 0 Å². The Kier molecular flexibility index (Phi) is 4.66. The summed E-state index contributed by atoms with van der Waals surface area (Å²) in [7, 11) is 1.64. The van der Waals surface area contributed by atoms with E-state index in [9.17, 15) is 0 Å². The van der Waals surface area contributed by atoms with Gasteiger partial charge in [-0.05, 0) is 12.1 Å². The summed E-state index contributed by atoms with van der Waals surface area (Å²) in [5, 5.41) is 14.9. The zero-order chi connectivity index (χ0) is 16.2. The summed E-state index contributed by atoms with van der Waals surface area (Å²) in [5.41, 5.74) is 0.811. The lowest BCUT2D eigenvalue weighted by Gasteiger charge is -2.09. The molecule has 23 heavy (non-hydrogen) atoms. The monoisotopic (exact) mass is 329 g/mol. The van der Waals surface area contributed by atoms with E-state index in [-0.39, 0.29) is 0 Å². The maximum absolute atomic E-state index is 5.35. The zero-order valence-electron chi connectivity index (χ0n) is 13.4. The molecule has 0 atom stereocenters. The van der Waals surface area contributed by atoms with Crippen LogP contribution in [0.4, 0.5) is 5.82 Å². The first-order valence-corrected chi connectivity index (χ1v) is 8.34. The van der Waals surface area contributed by atoms with Crippen LogP contribution >= 0.6 is 11.3 Å². The molecule has 0 radical (unpaired) electrons. The van der Waals surface area contributed by atoms with Gasteiger partial charge in [0.05, 0.1) is 7.11 Å². The highest BCUT2D eigenvalue weighted by Gasteiger charge is 2.09. The molecule has 0 unspecified atom stereocenters. The van der Waals surface area contributed by atoms with Crippen molar-refractivity contribution in [2.45, 2.75) is 26.2 Å². The SMILES string of the molecule is COc1cccc2c(NCCc3nnc(C(C)C)s3)ncnc12. The lowest BCUT2D eigenvalue weighted by Crippen LogP contribution is -2.07. The van der Waals surface area contributed by atoms with Crippen LogP contribution in [0, 0.1) is 0 Å². The van der Waals surface area contributed by atoms with Gasteiger partial charge in [-0.15, -0.1) is 21.5 Å². The second kappa shape index (κ2) is 6.87. The van der Waals surface area contributed by atoms with Gasteiger partial charge in [0, 0.05) is 24.3 Å². The number of anilines is 1. The Morgan fingerprint density at radius 1 is 1.22 bits per heavy atom. The zero-order valence-corrected chi connectivity index (χ0v) is 14.2. The van der Waals surface area contributed by atoms with E-state index in [4.69, 9.17) is 4.74 Å². The minimum absolute atomic E-state index is 0.424. The molecule has 0 saturated carbocycles. The average Bonchev–Trinajstić information content (AvgIpc) is 3.03. The van der Waals surface area contributed by atoms with Crippen molar-refractivity contribution in [3.63, 3.8) is 0 Å². The maximum atomic E-state index is 5.35. The van der Waals surface area contributed by atoms with Gasteiger partial charge in [-0.2, -0.15) is 0 Å². The van der Waals surface area contributed by atoms with Crippen LogP contribution in [0.2, 0.25) is 0 Å². The second-order valence-electron chi connectivity index (χ2n) is 5.44. The predicted octanol–water partition coefficient (Wildman–Crippen LogP) is 3.27. The van der Waals surface area contributed by atoms with Gasteiger partial charge in [-0.1, -0.05) is 19.9 Å². The van der Waals surface area contributed by atoms with E-state index >= 15 is 0 Å². The number of nitrogens with one attached hydrogen (secondary N) is 1. The first-order chi connectivity index (χ1) is 11.2. The van der Waals surface area contributed by atoms with Crippen molar-refractivity contribution in [1.82, 2.24) is 20.2 Å². The molecule has 1 N–H and O–H groups in total. The molecule has 7 heteroatoms. The Morgan fingerprint density at radius 2 is 2.09 bits per heavy atom. The standard InChI is InChI=1S/C16H19N5OS/c1-10(2)16-21-20-13(23-16)7-8-17-15-11-5-4-6-12(22-3)14(11)18-9-19-15/h4-6,9-10H,7-8H2,1-3H3,(H,17,18,19). The fraction of sp³-hybridized carbons (Fsp3) is 0.375. The van der Waals surface area contributed by atoms with Crippen LogP contribution in [0.25, 0.3) is 10.9 Å². The van der Waals surface area contributed by atoms with E-state index in [0.29, 0.717) is 5.92 Å². The van der Waals surface area contributed by atoms with Crippen LogP contribution in [0.5, 0.6) is 5.75 Å². The number of hydrogen-bond acceptors (Lipinski definition) is 7. The molecule has 0 aliphatic carbocycles. The molecule has 6 nitrogen and oxygen atoms in total. The quantitative estimate of drug-likeness (QED) is 0.748. The van der Waals surface area contributed by atoms with Gasteiger partial charge in [0.2, 0.25) is 0 Å². The van der Waals surface area contributed by atoms with Crippen LogP contribution in [0.15, 0.2) is 24.5 Å². The van der Waals surface area contributed by atoms with E-state index in [0.717, 1.165) is 45.5 Å². The minimum atomic E-state index is 0.424. The molecule has 0 saturated heterocycles. The summed E-state index contributed by atoms with van der Waals surface area (Å²) in [4.78, 5) is 8.64. The Balaban J connectivity index is 1.72. The van der Waals surface area contributed by atoms with E-state index in [1.165, 1.54) is 0 Å². The fourth-order valence-corrected chi connectivity index (χ4v) is 3.10. The molecular formula is C16H19N5OS. The highest BCUT2D eigenvalue weighted by atomic mass is 32.1. The summed E-state index contributed by atoms with van der Waals surface area (Å²) < 4.78 is 5.35. The number of benzene rings is 1. The van der Waals surface area contributed by atoms with Crippen molar-refractivity contribution in [1.29, 1.82) is 0 Å². The van der Waals surface area contributed by atoms with Crippen LogP contribution in [0.1, 0.15) is 29.8 Å². The molecule has 0 fully saturated rings. The molecule has 2 heterocycles. The Hall–Kier alpha value is -2.28. The predicted molar refractivity (Wildman–Crippen MR) is 92.3 cm³/mol. The summed E-state index contributed by atoms with van der Waals surface area (Å²) >= 11 is 1.67. The number of ether oxygens (including phenoxy) is 1. The normalized spacial score (nSPS) is 11.1. The van der Waals surface area contributed by atoms with Crippen molar-refractivity contribution in [2.24, 2.45) is 0 Å². The number of para-hydroxylation sites is 1. The number of fused-ring (bicyclic) bond motifs is 1. The molecule has 0 bridgehead atoms. The molecule has 2 aromatic heterocycles.